The molecule has 6 nitrogen and oxygen atoms in total. The number of para-hydroxylation sites is 1. The van der Waals surface area contributed by atoms with Gasteiger partial charge < -0.3 is 15.2 Å². The summed E-state index contributed by atoms with van der Waals surface area (Å²) in [6, 6.07) is 12.3. The monoisotopic (exact) mass is 341 g/mol. The Bertz CT molecular complexity index is 744. The topological polar surface area (TPSA) is 85.9 Å². The Hall–Kier alpha value is -3.02. The SMILES string of the molecule is CCCOc1ccc(/C=N\NC(=O)c2ccccc2N)cc1OCC. The fourth-order valence-electron chi connectivity index (χ4n) is 2.13. The third kappa shape index (κ3) is 5.24. The number of rotatable bonds is 8. The molecule has 0 spiro atoms. The molecule has 132 valence electrons. The van der Waals surface area contributed by atoms with Gasteiger partial charge >= 0.3 is 0 Å². The van der Waals surface area contributed by atoms with Crippen LogP contribution >= 0.6 is 0 Å². The number of carbonyl (C=O) groups is 1. The third-order valence-electron chi connectivity index (χ3n) is 3.31. The van der Waals surface area contributed by atoms with Crippen molar-refractivity contribution in [1.82, 2.24) is 5.43 Å². The fraction of sp³-hybridized carbons (Fsp3) is 0.263. The van der Waals surface area contributed by atoms with Gasteiger partial charge in [-0.25, -0.2) is 5.43 Å². The van der Waals surface area contributed by atoms with Crippen LogP contribution in [0.15, 0.2) is 47.6 Å². The maximum atomic E-state index is 12.0. The number of ether oxygens (including phenoxy) is 2. The predicted molar refractivity (Wildman–Crippen MR) is 99.3 cm³/mol. The van der Waals surface area contributed by atoms with Crippen molar-refractivity contribution >= 4 is 17.8 Å². The smallest absolute Gasteiger partial charge is 0.273 e. The molecule has 0 aliphatic heterocycles. The van der Waals surface area contributed by atoms with E-state index in [4.69, 9.17) is 15.2 Å². The van der Waals surface area contributed by atoms with Crippen LogP contribution in [0.5, 0.6) is 11.5 Å². The van der Waals surface area contributed by atoms with Gasteiger partial charge in [0.15, 0.2) is 11.5 Å². The Morgan fingerprint density at radius 1 is 1.16 bits per heavy atom. The summed E-state index contributed by atoms with van der Waals surface area (Å²) in [5, 5.41) is 3.98. The van der Waals surface area contributed by atoms with Gasteiger partial charge in [0.1, 0.15) is 0 Å². The van der Waals surface area contributed by atoms with E-state index >= 15 is 0 Å². The molecule has 0 aromatic heterocycles. The highest BCUT2D eigenvalue weighted by Gasteiger charge is 2.08. The molecule has 0 aliphatic rings. The zero-order chi connectivity index (χ0) is 18.1. The lowest BCUT2D eigenvalue weighted by Gasteiger charge is -2.11. The average Bonchev–Trinajstić information content (AvgIpc) is 2.61. The second kappa shape index (κ2) is 9.32. The molecule has 0 saturated carbocycles. The predicted octanol–water partition coefficient (Wildman–Crippen LogP) is 3.22. The zero-order valence-electron chi connectivity index (χ0n) is 14.5. The van der Waals surface area contributed by atoms with E-state index in [1.807, 2.05) is 32.0 Å². The van der Waals surface area contributed by atoms with Gasteiger partial charge in [-0.3, -0.25) is 4.79 Å². The second-order valence-corrected chi connectivity index (χ2v) is 5.27. The minimum absolute atomic E-state index is 0.359. The summed E-state index contributed by atoms with van der Waals surface area (Å²) < 4.78 is 11.3. The van der Waals surface area contributed by atoms with Crippen molar-refractivity contribution < 1.29 is 14.3 Å². The summed E-state index contributed by atoms with van der Waals surface area (Å²) in [5.41, 5.74) is 9.82. The average molecular weight is 341 g/mol. The lowest BCUT2D eigenvalue weighted by atomic mass is 10.2. The minimum atomic E-state index is -0.359. The molecular formula is C19H23N3O3. The van der Waals surface area contributed by atoms with Crippen molar-refractivity contribution in [2.75, 3.05) is 18.9 Å². The number of hydrazone groups is 1. The van der Waals surface area contributed by atoms with Crippen LogP contribution in [0.2, 0.25) is 0 Å². The molecule has 2 aromatic carbocycles. The molecule has 25 heavy (non-hydrogen) atoms. The van der Waals surface area contributed by atoms with Crippen molar-refractivity contribution in [2.24, 2.45) is 5.10 Å². The Kier molecular flexibility index (Phi) is 6.83. The molecule has 0 aliphatic carbocycles. The maximum Gasteiger partial charge on any atom is 0.273 e. The van der Waals surface area contributed by atoms with Crippen LogP contribution < -0.4 is 20.6 Å². The molecule has 2 rings (SSSR count). The minimum Gasteiger partial charge on any atom is -0.490 e. The second-order valence-electron chi connectivity index (χ2n) is 5.27. The van der Waals surface area contributed by atoms with E-state index in [2.05, 4.69) is 10.5 Å². The fourth-order valence-corrected chi connectivity index (χ4v) is 2.13. The Morgan fingerprint density at radius 3 is 2.68 bits per heavy atom. The quantitative estimate of drug-likeness (QED) is 0.438. The summed E-state index contributed by atoms with van der Waals surface area (Å²) in [4.78, 5) is 12.0. The van der Waals surface area contributed by atoms with E-state index in [0.29, 0.717) is 36.0 Å². The first kappa shape index (κ1) is 18.3. The van der Waals surface area contributed by atoms with Crippen molar-refractivity contribution in [3.63, 3.8) is 0 Å². The van der Waals surface area contributed by atoms with Gasteiger partial charge in [-0.15, -0.1) is 0 Å². The zero-order valence-corrected chi connectivity index (χ0v) is 14.5. The number of nitrogens with one attached hydrogen (secondary N) is 1. The molecular weight excluding hydrogens is 318 g/mol. The van der Waals surface area contributed by atoms with E-state index < -0.39 is 0 Å². The summed E-state index contributed by atoms with van der Waals surface area (Å²) in [6.07, 6.45) is 2.46. The maximum absolute atomic E-state index is 12.0. The molecule has 0 fully saturated rings. The van der Waals surface area contributed by atoms with Crippen LogP contribution in [0.1, 0.15) is 36.2 Å². The van der Waals surface area contributed by atoms with Gasteiger partial charge in [0.2, 0.25) is 0 Å². The van der Waals surface area contributed by atoms with Crippen LogP contribution in [-0.2, 0) is 0 Å². The van der Waals surface area contributed by atoms with Gasteiger partial charge in [0, 0.05) is 5.69 Å². The first-order valence-electron chi connectivity index (χ1n) is 8.23. The van der Waals surface area contributed by atoms with Gasteiger partial charge in [-0.2, -0.15) is 5.10 Å². The Balaban J connectivity index is 2.06. The van der Waals surface area contributed by atoms with Crippen LogP contribution in [0.4, 0.5) is 5.69 Å². The van der Waals surface area contributed by atoms with E-state index in [1.165, 1.54) is 0 Å². The van der Waals surface area contributed by atoms with Crippen LogP contribution in [-0.4, -0.2) is 25.3 Å². The Morgan fingerprint density at radius 2 is 1.96 bits per heavy atom. The largest absolute Gasteiger partial charge is 0.490 e. The number of benzene rings is 2. The van der Waals surface area contributed by atoms with Gasteiger partial charge in [0.05, 0.1) is 25.0 Å². The highest BCUT2D eigenvalue weighted by molar-refractivity contribution is 5.99. The van der Waals surface area contributed by atoms with Gasteiger partial charge in [0.25, 0.3) is 5.91 Å². The number of nitrogens with two attached hydrogens (primary N) is 1. The molecule has 6 heteroatoms. The number of hydrogen-bond acceptors (Lipinski definition) is 5. The summed E-state index contributed by atoms with van der Waals surface area (Å²) in [5.74, 6) is 0.989. The molecule has 1 amide bonds. The van der Waals surface area contributed by atoms with E-state index in [9.17, 15) is 4.79 Å². The molecule has 3 N–H and O–H groups in total. The molecule has 0 heterocycles. The number of carbonyl (C=O) groups excluding carboxylic acids is 1. The van der Waals surface area contributed by atoms with Gasteiger partial charge in [-0.05, 0) is 49.2 Å². The summed E-state index contributed by atoms with van der Waals surface area (Å²) in [6.45, 7) is 5.12. The van der Waals surface area contributed by atoms with Crippen molar-refractivity contribution in [1.29, 1.82) is 0 Å². The van der Waals surface area contributed by atoms with E-state index in [-0.39, 0.29) is 5.91 Å². The van der Waals surface area contributed by atoms with Crippen LogP contribution in [0.3, 0.4) is 0 Å². The highest BCUT2D eigenvalue weighted by Crippen LogP contribution is 2.28. The van der Waals surface area contributed by atoms with Crippen molar-refractivity contribution in [3.8, 4) is 11.5 Å². The first-order valence-corrected chi connectivity index (χ1v) is 8.23. The summed E-state index contributed by atoms with van der Waals surface area (Å²) >= 11 is 0. The lowest BCUT2D eigenvalue weighted by molar-refractivity contribution is 0.0956. The molecule has 0 unspecified atom stereocenters. The molecule has 0 atom stereocenters. The molecule has 0 saturated heterocycles. The molecule has 0 bridgehead atoms. The van der Waals surface area contributed by atoms with Crippen LogP contribution in [0, 0.1) is 0 Å². The molecule has 0 radical (unpaired) electrons. The van der Waals surface area contributed by atoms with E-state index in [0.717, 1.165) is 12.0 Å². The van der Waals surface area contributed by atoms with Crippen molar-refractivity contribution in [2.45, 2.75) is 20.3 Å². The number of hydrogen-bond donors (Lipinski definition) is 2. The normalized spacial score (nSPS) is 10.6. The number of amides is 1. The van der Waals surface area contributed by atoms with E-state index in [1.54, 1.807) is 30.5 Å². The van der Waals surface area contributed by atoms with Gasteiger partial charge in [-0.1, -0.05) is 19.1 Å². The van der Waals surface area contributed by atoms with Crippen molar-refractivity contribution in [3.05, 3.63) is 53.6 Å². The Labute approximate surface area is 147 Å². The standard InChI is InChI=1S/C19H23N3O3/c1-3-11-25-17-10-9-14(12-18(17)24-4-2)13-21-22-19(23)15-7-5-6-8-16(15)20/h5-10,12-13H,3-4,11,20H2,1-2H3,(H,22,23)/b21-13-. The van der Waals surface area contributed by atoms with Crippen LogP contribution in [0.25, 0.3) is 0 Å². The first-order chi connectivity index (χ1) is 12.2. The third-order valence-corrected chi connectivity index (χ3v) is 3.31. The highest BCUT2D eigenvalue weighted by atomic mass is 16.5. The summed E-state index contributed by atoms with van der Waals surface area (Å²) in [7, 11) is 0. The number of nitrogen functional groups attached to an aromatic ring is 1. The molecule has 2 aromatic rings. The number of anilines is 1. The lowest BCUT2D eigenvalue weighted by Crippen LogP contribution is -2.19. The number of nitrogens with zero attached hydrogens (tertiary/aromatic N) is 1.